The third-order valence-electron chi connectivity index (χ3n) is 4.04. The zero-order valence-corrected chi connectivity index (χ0v) is 13.5. The zero-order valence-electron chi connectivity index (χ0n) is 12.7. The van der Waals surface area contributed by atoms with E-state index in [4.69, 9.17) is 0 Å². The van der Waals surface area contributed by atoms with Crippen molar-refractivity contribution in [2.24, 2.45) is 13.0 Å². The third kappa shape index (κ3) is 3.02. The van der Waals surface area contributed by atoms with E-state index in [1.807, 2.05) is 13.1 Å². The van der Waals surface area contributed by atoms with Crippen LogP contribution < -0.4 is 0 Å². The summed E-state index contributed by atoms with van der Waals surface area (Å²) in [6.45, 7) is 1.14. The molecule has 0 amide bonds. The highest BCUT2D eigenvalue weighted by molar-refractivity contribution is 7.88. The lowest BCUT2D eigenvalue weighted by Crippen LogP contribution is -2.27. The molecule has 8 heteroatoms. The second-order valence-corrected chi connectivity index (χ2v) is 7.65. The van der Waals surface area contributed by atoms with E-state index in [1.54, 1.807) is 23.3 Å². The molecule has 118 valence electrons. The first-order valence-electron chi connectivity index (χ1n) is 7.18. The number of sulfonamides is 1. The molecule has 1 fully saturated rings. The summed E-state index contributed by atoms with van der Waals surface area (Å²) in [6.07, 6.45) is 7.92. The van der Waals surface area contributed by atoms with Crippen LogP contribution in [0.1, 0.15) is 12.1 Å². The predicted octanol–water partition coefficient (Wildman–Crippen LogP) is 0.701. The van der Waals surface area contributed by atoms with Crippen molar-refractivity contribution >= 4 is 10.0 Å². The van der Waals surface area contributed by atoms with Crippen molar-refractivity contribution in [1.82, 2.24) is 24.1 Å². The first kappa shape index (κ1) is 15.1. The van der Waals surface area contributed by atoms with Gasteiger partial charge in [-0.05, 0) is 24.8 Å². The lowest BCUT2D eigenvalue weighted by molar-refractivity contribution is 0.459. The molecule has 2 aromatic heterocycles. The molecule has 0 aliphatic carbocycles. The van der Waals surface area contributed by atoms with E-state index < -0.39 is 10.0 Å². The highest BCUT2D eigenvalue weighted by atomic mass is 32.2. The Balaban J connectivity index is 1.81. The normalized spacial score (nSPS) is 19.6. The predicted molar refractivity (Wildman–Crippen MR) is 82.5 cm³/mol. The zero-order chi connectivity index (χ0) is 15.7. The molecule has 2 aromatic rings. The number of rotatable bonds is 4. The van der Waals surface area contributed by atoms with E-state index in [0.717, 1.165) is 29.9 Å². The van der Waals surface area contributed by atoms with E-state index in [1.165, 1.54) is 10.6 Å². The minimum absolute atomic E-state index is 0.276. The first-order valence-corrected chi connectivity index (χ1v) is 9.03. The average Bonchev–Trinajstić information content (AvgIpc) is 3.08. The van der Waals surface area contributed by atoms with Gasteiger partial charge < -0.3 is 0 Å². The second kappa shape index (κ2) is 5.77. The molecule has 0 saturated carbocycles. The van der Waals surface area contributed by atoms with Gasteiger partial charge in [0, 0.05) is 38.7 Å². The maximum Gasteiger partial charge on any atom is 0.211 e. The third-order valence-corrected chi connectivity index (χ3v) is 5.31. The summed E-state index contributed by atoms with van der Waals surface area (Å²) in [7, 11) is -1.23. The van der Waals surface area contributed by atoms with Crippen molar-refractivity contribution in [3.63, 3.8) is 0 Å². The molecule has 0 spiro atoms. The number of aromatic nitrogens is 4. The van der Waals surface area contributed by atoms with Crippen LogP contribution in [0.25, 0.3) is 11.4 Å². The first-order chi connectivity index (χ1) is 10.4. The molecule has 0 N–H and O–H groups in total. The summed E-state index contributed by atoms with van der Waals surface area (Å²) in [5, 5.41) is 4.17. The molecule has 0 unspecified atom stereocenters. The molecule has 1 saturated heterocycles. The van der Waals surface area contributed by atoms with Crippen LogP contribution >= 0.6 is 0 Å². The second-order valence-electron chi connectivity index (χ2n) is 5.67. The summed E-state index contributed by atoms with van der Waals surface area (Å²) in [6, 6.07) is 1.91. The van der Waals surface area contributed by atoms with Gasteiger partial charge >= 0.3 is 0 Å². The van der Waals surface area contributed by atoms with Crippen LogP contribution in [-0.2, 0) is 23.5 Å². The lowest BCUT2D eigenvalue weighted by atomic mass is 10.0. The quantitative estimate of drug-likeness (QED) is 0.828. The topological polar surface area (TPSA) is 81.0 Å². The highest BCUT2D eigenvalue weighted by Gasteiger charge is 2.29. The monoisotopic (exact) mass is 321 g/mol. The van der Waals surface area contributed by atoms with Crippen LogP contribution in [0.3, 0.4) is 0 Å². The van der Waals surface area contributed by atoms with E-state index >= 15 is 0 Å². The van der Waals surface area contributed by atoms with Gasteiger partial charge in [0.1, 0.15) is 5.69 Å². The van der Waals surface area contributed by atoms with Gasteiger partial charge in [-0.1, -0.05) is 0 Å². The Morgan fingerprint density at radius 1 is 1.27 bits per heavy atom. The molecule has 3 rings (SSSR count). The van der Waals surface area contributed by atoms with E-state index in [2.05, 4.69) is 15.1 Å². The Hall–Kier alpha value is -1.80. The number of hydrogen-bond donors (Lipinski definition) is 0. The Kier molecular flexibility index (Phi) is 3.96. The van der Waals surface area contributed by atoms with Gasteiger partial charge in [-0.15, -0.1) is 0 Å². The molecule has 1 atom stereocenters. The molecule has 3 heterocycles. The summed E-state index contributed by atoms with van der Waals surface area (Å²) < 4.78 is 26.5. The Morgan fingerprint density at radius 2 is 2.05 bits per heavy atom. The largest absolute Gasteiger partial charge is 0.266 e. The molecule has 0 aromatic carbocycles. The van der Waals surface area contributed by atoms with Gasteiger partial charge in [0.15, 0.2) is 0 Å². The van der Waals surface area contributed by atoms with Crippen molar-refractivity contribution < 1.29 is 8.42 Å². The molecule has 22 heavy (non-hydrogen) atoms. The van der Waals surface area contributed by atoms with Crippen LogP contribution in [0.15, 0.2) is 24.7 Å². The van der Waals surface area contributed by atoms with Gasteiger partial charge in [0.25, 0.3) is 0 Å². The molecular weight excluding hydrogens is 302 g/mol. The molecule has 7 nitrogen and oxygen atoms in total. The van der Waals surface area contributed by atoms with Gasteiger partial charge in [-0.25, -0.2) is 12.7 Å². The number of nitrogens with zero attached hydrogens (tertiary/aromatic N) is 5. The maximum absolute atomic E-state index is 11.6. The van der Waals surface area contributed by atoms with Gasteiger partial charge in [-0.3, -0.25) is 14.6 Å². The molecule has 1 aliphatic rings. The standard InChI is InChI=1S/C14H19N5O2S/c1-18-13(3-5-17-18)14-12(15-6-7-16-14)9-11-4-8-19(10-11)22(2,20)21/h3,5-7,11H,4,8-10H2,1-2H3/t11-/m0/s1. The molecular formula is C14H19N5O2S. The highest BCUT2D eigenvalue weighted by Crippen LogP contribution is 2.26. The Bertz CT molecular complexity index is 771. The smallest absolute Gasteiger partial charge is 0.211 e. The average molecular weight is 321 g/mol. The van der Waals surface area contributed by atoms with Crippen LogP contribution in [-0.4, -0.2) is 51.8 Å². The summed E-state index contributed by atoms with van der Waals surface area (Å²) in [5.74, 6) is 0.276. The van der Waals surface area contributed by atoms with Crippen LogP contribution in [0, 0.1) is 5.92 Å². The fraction of sp³-hybridized carbons (Fsp3) is 0.500. The fourth-order valence-electron chi connectivity index (χ4n) is 2.87. The fourth-order valence-corrected chi connectivity index (χ4v) is 3.79. The minimum atomic E-state index is -3.10. The van der Waals surface area contributed by atoms with E-state index in [9.17, 15) is 8.42 Å². The Morgan fingerprint density at radius 3 is 2.68 bits per heavy atom. The van der Waals surface area contributed by atoms with Crippen molar-refractivity contribution in [2.75, 3.05) is 19.3 Å². The van der Waals surface area contributed by atoms with Crippen molar-refractivity contribution in [3.05, 3.63) is 30.4 Å². The Labute approximate surface area is 130 Å². The number of hydrogen-bond acceptors (Lipinski definition) is 5. The van der Waals surface area contributed by atoms with Gasteiger partial charge in [0.05, 0.1) is 17.6 Å². The van der Waals surface area contributed by atoms with Crippen LogP contribution in [0.4, 0.5) is 0 Å². The van der Waals surface area contributed by atoms with Gasteiger partial charge in [0.2, 0.25) is 10.0 Å². The van der Waals surface area contributed by atoms with E-state index in [0.29, 0.717) is 13.1 Å². The SMILES string of the molecule is Cn1nccc1-c1nccnc1C[C@@H]1CCN(S(C)(=O)=O)C1. The summed E-state index contributed by atoms with van der Waals surface area (Å²) in [4.78, 5) is 8.89. The summed E-state index contributed by atoms with van der Waals surface area (Å²) in [5.41, 5.74) is 2.63. The van der Waals surface area contributed by atoms with Gasteiger partial charge in [-0.2, -0.15) is 5.10 Å². The minimum Gasteiger partial charge on any atom is -0.266 e. The molecule has 1 aliphatic heterocycles. The van der Waals surface area contributed by atoms with Crippen LogP contribution in [0.2, 0.25) is 0 Å². The van der Waals surface area contributed by atoms with E-state index in [-0.39, 0.29) is 5.92 Å². The lowest BCUT2D eigenvalue weighted by Gasteiger charge is -2.14. The maximum atomic E-state index is 11.6. The van der Waals surface area contributed by atoms with Crippen molar-refractivity contribution in [1.29, 1.82) is 0 Å². The number of aryl methyl sites for hydroxylation is 1. The van der Waals surface area contributed by atoms with Crippen molar-refractivity contribution in [3.8, 4) is 11.4 Å². The summed E-state index contributed by atoms with van der Waals surface area (Å²) >= 11 is 0. The molecule has 0 bridgehead atoms. The van der Waals surface area contributed by atoms with Crippen molar-refractivity contribution in [2.45, 2.75) is 12.8 Å². The molecule has 0 radical (unpaired) electrons. The van der Waals surface area contributed by atoms with Crippen LogP contribution in [0.5, 0.6) is 0 Å².